The van der Waals surface area contributed by atoms with Gasteiger partial charge in [-0.05, 0) is 62.9 Å². The van der Waals surface area contributed by atoms with E-state index in [0.717, 1.165) is 13.8 Å². The highest BCUT2D eigenvalue weighted by Crippen LogP contribution is 2.32. The minimum atomic E-state index is -3.65. The van der Waals surface area contributed by atoms with E-state index in [4.69, 9.17) is 26.0 Å². The second-order valence-electron chi connectivity index (χ2n) is 4.30. The smallest absolute Gasteiger partial charge is 0.0599 e. The molecule has 0 bridgehead atoms. The minimum Gasteiger partial charge on any atom is -0.0599 e. The Balaban J connectivity index is 4.55. The van der Waals surface area contributed by atoms with Gasteiger partial charge >= 0.3 is 0 Å². The van der Waals surface area contributed by atoms with Gasteiger partial charge in [-0.2, -0.15) is 0 Å². The van der Waals surface area contributed by atoms with E-state index in [0.29, 0.717) is 0 Å². The standard InChI is InChI=1S/C17H27I/c1-11(2)14-8-13(10-17(5,6)7)9-15(12(3)4)16(14)18/h8-9,11-12H,10H2,1-7H3/i1D3,2D3,3D3,5D3,6D3,8D,9D,11D,12D. The van der Waals surface area contributed by atoms with E-state index in [2.05, 4.69) is 0 Å². The van der Waals surface area contributed by atoms with E-state index in [1.807, 2.05) is 0 Å². The molecule has 0 N–H and O–H groups in total. The van der Waals surface area contributed by atoms with Gasteiger partial charge in [0.1, 0.15) is 0 Å². The zero-order valence-electron chi connectivity index (χ0n) is 29.1. The Morgan fingerprint density at radius 3 is 2.33 bits per heavy atom. The van der Waals surface area contributed by atoms with Crippen LogP contribution in [-0.2, 0) is 6.42 Å². The summed E-state index contributed by atoms with van der Waals surface area (Å²) in [4.78, 5) is 0. The Hall–Kier alpha value is -0.0500. The average molecular weight is 377 g/mol. The zero-order chi connectivity index (χ0) is 30.2. The highest BCUT2D eigenvalue weighted by Gasteiger charge is 2.17. The zero-order valence-corrected chi connectivity index (χ0v) is 12.2. The fraction of sp³-hybridized carbons (Fsp3) is 0.647. The van der Waals surface area contributed by atoms with Crippen LogP contribution in [0.2, 0.25) is 0 Å². The van der Waals surface area contributed by atoms with Gasteiger partial charge in [0.05, 0.1) is 2.74 Å². The van der Waals surface area contributed by atoms with Crippen LogP contribution >= 0.6 is 22.6 Å². The summed E-state index contributed by atoms with van der Waals surface area (Å²) in [5, 5.41) is 0. The third-order valence-corrected chi connectivity index (χ3v) is 3.22. The van der Waals surface area contributed by atoms with E-state index in [-0.39, 0.29) is 0 Å². The van der Waals surface area contributed by atoms with Crippen molar-refractivity contribution in [2.24, 2.45) is 5.41 Å². The number of hydrogen-bond acceptors (Lipinski definition) is 0. The SMILES string of the molecule is [2H]c1c(CC(C)(C([2H])([2H])[2H])C([2H])([2H])[2H])c([2H])c(C([2H])(C([2H])([2H])[2H])C([2H])([2H])[2H])c(I)c1C([2H])(C)C([2H])([2H])[2H]. The molecule has 0 heterocycles. The predicted octanol–water partition coefficient (Wildman–Crippen LogP) is 6.13. The van der Waals surface area contributed by atoms with Crippen molar-refractivity contribution in [2.45, 2.75) is 66.3 Å². The molecule has 0 saturated carbocycles. The van der Waals surface area contributed by atoms with Gasteiger partial charge in [-0.1, -0.05) is 60.2 Å². The first-order chi connectivity index (χ1) is 15.8. The fourth-order valence-corrected chi connectivity index (χ4v) is 2.38. The van der Waals surface area contributed by atoms with Crippen molar-refractivity contribution >= 4 is 22.6 Å². The van der Waals surface area contributed by atoms with Crippen LogP contribution in [0.5, 0.6) is 0 Å². The summed E-state index contributed by atoms with van der Waals surface area (Å²) in [6.07, 6.45) is -1.12. The third-order valence-electron chi connectivity index (χ3n) is 2.15. The van der Waals surface area contributed by atoms with E-state index in [1.54, 1.807) is 0 Å². The Morgan fingerprint density at radius 1 is 1.28 bits per heavy atom. The van der Waals surface area contributed by atoms with Gasteiger partial charge in [-0.25, -0.2) is 0 Å². The molecule has 1 aromatic carbocycles. The van der Waals surface area contributed by atoms with Crippen LogP contribution in [0, 0.1) is 8.99 Å². The topological polar surface area (TPSA) is 0 Å². The molecule has 0 saturated heterocycles. The van der Waals surface area contributed by atoms with Crippen molar-refractivity contribution in [2.75, 3.05) is 0 Å². The Bertz CT molecular complexity index is 990. The van der Waals surface area contributed by atoms with Gasteiger partial charge in [0.25, 0.3) is 0 Å². The molecule has 0 aliphatic heterocycles. The summed E-state index contributed by atoms with van der Waals surface area (Å²) < 4.78 is 151. The van der Waals surface area contributed by atoms with Crippen LogP contribution in [0.1, 0.15) is 103 Å². The summed E-state index contributed by atoms with van der Waals surface area (Å²) in [6, 6.07) is -1.99. The molecule has 0 nitrogen and oxygen atoms in total. The lowest BCUT2D eigenvalue weighted by Gasteiger charge is -2.22. The van der Waals surface area contributed by atoms with Gasteiger partial charge in [0.2, 0.25) is 0 Å². The summed E-state index contributed by atoms with van der Waals surface area (Å²) in [5.41, 5.74) is -5.27. The van der Waals surface area contributed by atoms with Gasteiger partial charge in [0.15, 0.2) is 0 Å². The first-order valence-corrected chi connectivity index (χ1v) is 6.22. The largest absolute Gasteiger partial charge is 0.0629 e. The van der Waals surface area contributed by atoms with Crippen LogP contribution in [0.4, 0.5) is 0 Å². The molecular weight excluding hydrogens is 331 g/mol. The normalized spacial score (nSPS) is 35.4. The fourth-order valence-electron chi connectivity index (χ4n) is 1.44. The van der Waals surface area contributed by atoms with Crippen LogP contribution < -0.4 is 0 Å². The summed E-state index contributed by atoms with van der Waals surface area (Å²) in [7, 11) is 0. The summed E-state index contributed by atoms with van der Waals surface area (Å²) >= 11 is 1.30. The minimum absolute atomic E-state index is 0.614. The van der Waals surface area contributed by atoms with Gasteiger partial charge in [-0.15, -0.1) is 0 Å². The molecule has 0 amide bonds. The Labute approximate surface area is 153 Å². The third kappa shape index (κ3) is 4.25. The Morgan fingerprint density at radius 2 is 1.83 bits per heavy atom. The molecule has 1 atom stereocenters. The predicted molar refractivity (Wildman–Crippen MR) is 90.5 cm³/mol. The van der Waals surface area contributed by atoms with Crippen molar-refractivity contribution in [1.82, 2.24) is 0 Å². The average Bonchev–Trinajstić information content (AvgIpc) is 2.59. The maximum Gasteiger partial charge on any atom is 0.0629 e. The summed E-state index contributed by atoms with van der Waals surface area (Å²) in [5.74, 6) is -6.30. The number of hydrogen-bond donors (Lipinski definition) is 0. The first-order valence-electron chi connectivity index (χ1n) is 14.6. The lowest BCUT2D eigenvalue weighted by atomic mass is 9.84. The highest BCUT2D eigenvalue weighted by atomic mass is 127. The number of rotatable bonds is 3. The summed E-state index contributed by atoms with van der Waals surface area (Å²) in [6.45, 7) is -15.3. The van der Waals surface area contributed by atoms with Crippen LogP contribution in [0.15, 0.2) is 12.1 Å². The Kier molecular flexibility index (Phi) is 1.25. The molecule has 0 radical (unpaired) electrons. The second-order valence-corrected chi connectivity index (χ2v) is 5.38. The highest BCUT2D eigenvalue weighted by molar-refractivity contribution is 14.1. The molecular formula is C17H27I. The van der Waals surface area contributed by atoms with Gasteiger partial charge < -0.3 is 0 Å². The molecule has 0 aliphatic carbocycles. The monoisotopic (exact) mass is 377 g/mol. The molecule has 1 rings (SSSR count). The van der Waals surface area contributed by atoms with Crippen LogP contribution in [-0.4, -0.2) is 0 Å². The molecule has 0 aromatic heterocycles. The van der Waals surface area contributed by atoms with Crippen molar-refractivity contribution in [1.29, 1.82) is 0 Å². The molecule has 0 fully saturated rings. The molecule has 102 valence electrons. The molecule has 18 heavy (non-hydrogen) atoms. The molecule has 1 heteroatoms. The number of halogens is 1. The van der Waals surface area contributed by atoms with E-state index in [1.165, 1.54) is 22.6 Å². The first kappa shape index (κ1) is 3.78. The van der Waals surface area contributed by atoms with Gasteiger partial charge in [-0.3, -0.25) is 0 Å². The quantitative estimate of drug-likeness (QED) is 0.556. The lowest BCUT2D eigenvalue weighted by molar-refractivity contribution is 0.411. The van der Waals surface area contributed by atoms with Crippen molar-refractivity contribution in [3.63, 3.8) is 0 Å². The van der Waals surface area contributed by atoms with Crippen LogP contribution in [0.25, 0.3) is 0 Å². The molecule has 1 aromatic rings. The van der Waals surface area contributed by atoms with E-state index >= 15 is 0 Å². The van der Waals surface area contributed by atoms with Crippen molar-refractivity contribution in [3.05, 3.63) is 32.3 Å². The maximum absolute atomic E-state index is 8.68. The van der Waals surface area contributed by atoms with Gasteiger partial charge in [0, 0.05) is 26.9 Å². The van der Waals surface area contributed by atoms with Crippen LogP contribution in [0.3, 0.4) is 0 Å². The maximum atomic E-state index is 8.68. The van der Waals surface area contributed by atoms with E-state index in [9.17, 15) is 0 Å². The molecule has 0 aliphatic rings. The number of benzene rings is 1. The molecule has 0 spiro atoms. The molecule has 1 unspecified atom stereocenters. The van der Waals surface area contributed by atoms with Crippen molar-refractivity contribution in [3.8, 4) is 0 Å². The lowest BCUT2D eigenvalue weighted by Crippen LogP contribution is -2.11. The second kappa shape index (κ2) is 5.94. The van der Waals surface area contributed by atoms with E-state index < -0.39 is 90.2 Å². The van der Waals surface area contributed by atoms with Crippen molar-refractivity contribution < 1.29 is 26.0 Å².